The lowest BCUT2D eigenvalue weighted by Crippen LogP contribution is -2.61. The third kappa shape index (κ3) is 6.22. The molecule has 4 N–H and O–H groups in total. The van der Waals surface area contributed by atoms with Gasteiger partial charge < -0.3 is 10.4 Å². The molecule has 0 fully saturated rings. The number of hydrogen-bond acceptors (Lipinski definition) is 5. The molecule has 2 atom stereocenters. The molecular weight excluding hydrogens is 422 g/mol. The summed E-state index contributed by atoms with van der Waals surface area (Å²) >= 11 is 0. The summed E-state index contributed by atoms with van der Waals surface area (Å²) in [5.41, 5.74) is -0.0367. The predicted molar refractivity (Wildman–Crippen MR) is 110 cm³/mol. The maximum atomic E-state index is 13.1. The Bertz CT molecular complexity index is 1110. The first-order valence-electron chi connectivity index (χ1n) is 9.11. The zero-order valence-electron chi connectivity index (χ0n) is 16.7. The van der Waals surface area contributed by atoms with Crippen molar-refractivity contribution >= 4 is 18.1 Å². The molecule has 7 nitrogen and oxygen atoms in total. The highest BCUT2D eigenvalue weighted by Crippen LogP contribution is 2.20. The van der Waals surface area contributed by atoms with Crippen LogP contribution in [-0.4, -0.2) is 46.5 Å². The molecule has 0 spiro atoms. The number of benzene rings is 2. The Balaban J connectivity index is 2.09. The molecule has 0 radical (unpaired) electrons. The van der Waals surface area contributed by atoms with E-state index in [2.05, 4.69) is 23.7 Å². The maximum Gasteiger partial charge on any atom is 0.269 e. The SMILES string of the molecule is CC(O)(C(F)F)[C@H](NC(=O)c1ccc(C#CC#Cc2ccc(C=O)cc2)cc1)C(=O)NO. The van der Waals surface area contributed by atoms with Crippen LogP contribution in [0.25, 0.3) is 0 Å². The quantitative estimate of drug-likeness (QED) is 0.235. The van der Waals surface area contributed by atoms with Gasteiger partial charge in [0, 0.05) is 22.3 Å². The fourth-order valence-corrected chi connectivity index (χ4v) is 2.44. The van der Waals surface area contributed by atoms with Gasteiger partial charge in [0.05, 0.1) is 0 Å². The number of halogens is 2. The van der Waals surface area contributed by atoms with E-state index < -0.39 is 29.9 Å². The molecule has 164 valence electrons. The monoisotopic (exact) mass is 440 g/mol. The molecule has 0 aliphatic rings. The molecule has 0 bridgehead atoms. The van der Waals surface area contributed by atoms with E-state index in [0.29, 0.717) is 23.6 Å². The minimum Gasteiger partial charge on any atom is -0.381 e. The molecule has 32 heavy (non-hydrogen) atoms. The molecule has 0 aliphatic heterocycles. The van der Waals surface area contributed by atoms with Gasteiger partial charge in [-0.1, -0.05) is 24.0 Å². The van der Waals surface area contributed by atoms with Crippen LogP contribution in [0.2, 0.25) is 0 Å². The number of nitrogens with one attached hydrogen (secondary N) is 2. The minimum atomic E-state index is -3.37. The fraction of sp³-hybridized carbons (Fsp3) is 0.174. The second kappa shape index (κ2) is 10.8. The number of hydroxylamine groups is 1. The Kier molecular flexibility index (Phi) is 8.19. The highest BCUT2D eigenvalue weighted by Gasteiger charge is 2.46. The Morgan fingerprint density at radius 3 is 1.94 bits per heavy atom. The second-order valence-electron chi connectivity index (χ2n) is 6.73. The van der Waals surface area contributed by atoms with Crippen LogP contribution in [-0.2, 0) is 4.79 Å². The maximum absolute atomic E-state index is 13.1. The Morgan fingerprint density at radius 2 is 1.50 bits per heavy atom. The average Bonchev–Trinajstić information content (AvgIpc) is 2.80. The molecule has 0 saturated heterocycles. The van der Waals surface area contributed by atoms with E-state index in [9.17, 15) is 28.3 Å². The Labute approximate surface area is 182 Å². The summed E-state index contributed by atoms with van der Waals surface area (Å²) in [6.07, 6.45) is -2.64. The highest BCUT2D eigenvalue weighted by molar-refractivity contribution is 5.97. The van der Waals surface area contributed by atoms with Crippen molar-refractivity contribution in [3.63, 3.8) is 0 Å². The number of aldehydes is 1. The predicted octanol–water partition coefficient (Wildman–Crippen LogP) is 1.52. The summed E-state index contributed by atoms with van der Waals surface area (Å²) in [5.74, 6) is 8.54. The van der Waals surface area contributed by atoms with Gasteiger partial charge in [-0.25, -0.2) is 14.3 Å². The molecule has 0 aromatic heterocycles. The van der Waals surface area contributed by atoms with Crippen molar-refractivity contribution in [1.29, 1.82) is 0 Å². The molecule has 2 aromatic rings. The van der Waals surface area contributed by atoms with Crippen LogP contribution in [0.15, 0.2) is 48.5 Å². The lowest BCUT2D eigenvalue weighted by molar-refractivity contribution is -0.149. The molecular formula is C23H18F2N2O5. The molecule has 0 aliphatic carbocycles. The summed E-state index contributed by atoms with van der Waals surface area (Å²) < 4.78 is 26.1. The fourth-order valence-electron chi connectivity index (χ4n) is 2.44. The molecule has 2 rings (SSSR count). The van der Waals surface area contributed by atoms with Crippen LogP contribution in [0.4, 0.5) is 8.78 Å². The first kappa shape index (κ1) is 24.2. The van der Waals surface area contributed by atoms with Crippen molar-refractivity contribution in [3.8, 4) is 23.7 Å². The van der Waals surface area contributed by atoms with Crippen LogP contribution in [0, 0.1) is 23.7 Å². The van der Waals surface area contributed by atoms with Gasteiger partial charge in [-0.15, -0.1) is 0 Å². The summed E-state index contributed by atoms with van der Waals surface area (Å²) in [7, 11) is 0. The van der Waals surface area contributed by atoms with Crippen LogP contribution in [0.5, 0.6) is 0 Å². The van der Waals surface area contributed by atoms with Crippen molar-refractivity contribution in [1.82, 2.24) is 10.8 Å². The van der Waals surface area contributed by atoms with Crippen molar-refractivity contribution in [2.45, 2.75) is 25.0 Å². The number of hydrogen-bond donors (Lipinski definition) is 4. The lowest BCUT2D eigenvalue weighted by Gasteiger charge is -2.30. The van der Waals surface area contributed by atoms with E-state index >= 15 is 0 Å². The van der Waals surface area contributed by atoms with E-state index in [1.165, 1.54) is 24.3 Å². The number of carbonyl (C=O) groups excluding carboxylic acids is 3. The van der Waals surface area contributed by atoms with Crippen molar-refractivity contribution < 1.29 is 33.5 Å². The van der Waals surface area contributed by atoms with E-state index in [4.69, 9.17) is 5.21 Å². The zero-order valence-corrected chi connectivity index (χ0v) is 16.7. The Hall–Kier alpha value is -4.05. The van der Waals surface area contributed by atoms with Gasteiger partial charge >= 0.3 is 0 Å². The van der Waals surface area contributed by atoms with Crippen molar-refractivity contribution in [2.24, 2.45) is 0 Å². The van der Waals surface area contributed by atoms with E-state index in [-0.39, 0.29) is 5.56 Å². The van der Waals surface area contributed by atoms with E-state index in [1.54, 1.807) is 24.3 Å². The van der Waals surface area contributed by atoms with Gasteiger partial charge in [0.1, 0.15) is 12.3 Å². The zero-order chi connectivity index (χ0) is 23.7. The molecule has 2 aromatic carbocycles. The molecule has 0 heterocycles. The average molecular weight is 440 g/mol. The molecule has 9 heteroatoms. The summed E-state index contributed by atoms with van der Waals surface area (Å²) in [6, 6.07) is 10.2. The molecule has 0 saturated carbocycles. The van der Waals surface area contributed by atoms with Crippen LogP contribution < -0.4 is 10.8 Å². The normalized spacial score (nSPS) is 12.8. The minimum absolute atomic E-state index is 0.0118. The number of aliphatic hydroxyl groups is 1. The summed E-state index contributed by atoms with van der Waals surface area (Å²) in [4.78, 5) is 34.6. The smallest absolute Gasteiger partial charge is 0.269 e. The van der Waals surface area contributed by atoms with Gasteiger partial charge in [-0.3, -0.25) is 19.6 Å². The third-order valence-corrected chi connectivity index (χ3v) is 4.34. The highest BCUT2D eigenvalue weighted by atomic mass is 19.3. The second-order valence-corrected chi connectivity index (χ2v) is 6.73. The summed E-state index contributed by atoms with van der Waals surface area (Å²) in [6.45, 7) is 0.661. The number of amides is 2. The molecule has 2 amide bonds. The van der Waals surface area contributed by atoms with E-state index in [1.807, 2.05) is 5.32 Å². The number of alkyl halides is 2. The van der Waals surface area contributed by atoms with Crippen LogP contribution >= 0.6 is 0 Å². The van der Waals surface area contributed by atoms with Gasteiger partial charge in [-0.05, 0) is 55.2 Å². The van der Waals surface area contributed by atoms with Gasteiger partial charge in [0.25, 0.3) is 18.2 Å². The number of rotatable bonds is 6. The largest absolute Gasteiger partial charge is 0.381 e. The topological polar surface area (TPSA) is 116 Å². The van der Waals surface area contributed by atoms with Gasteiger partial charge in [0.15, 0.2) is 5.60 Å². The van der Waals surface area contributed by atoms with Crippen LogP contribution in [0.3, 0.4) is 0 Å². The first-order chi connectivity index (χ1) is 15.2. The van der Waals surface area contributed by atoms with E-state index in [0.717, 1.165) is 11.8 Å². The third-order valence-electron chi connectivity index (χ3n) is 4.34. The number of carbonyl (C=O) groups is 3. The molecule has 1 unspecified atom stereocenters. The van der Waals surface area contributed by atoms with Crippen LogP contribution in [0.1, 0.15) is 38.8 Å². The Morgan fingerprint density at radius 1 is 1.00 bits per heavy atom. The standard InChI is InChI=1S/C23H18F2N2O5/c1-23(31,22(24)25)19(21(30)27-32)26-20(29)18-12-10-16(11-13-18)5-3-2-4-15-6-8-17(14-28)9-7-15/h6-14,19,22,31-32H,1H3,(H,26,29)(H,27,30)/t19-,23?/m1/s1. The first-order valence-corrected chi connectivity index (χ1v) is 9.11. The van der Waals surface area contributed by atoms with Crippen molar-refractivity contribution in [3.05, 3.63) is 70.8 Å². The lowest BCUT2D eigenvalue weighted by atomic mass is 9.95. The van der Waals surface area contributed by atoms with Gasteiger partial charge in [0.2, 0.25) is 0 Å². The summed E-state index contributed by atoms with van der Waals surface area (Å²) in [5, 5.41) is 20.5. The van der Waals surface area contributed by atoms with Crippen molar-refractivity contribution in [2.75, 3.05) is 0 Å². The van der Waals surface area contributed by atoms with Gasteiger partial charge in [-0.2, -0.15) is 0 Å².